The molecule has 7 N–H and O–H groups in total. The summed E-state index contributed by atoms with van der Waals surface area (Å²) in [7, 11) is 0. The number of amides is 3. The van der Waals surface area contributed by atoms with E-state index in [4.69, 9.17) is 15.9 Å². The van der Waals surface area contributed by atoms with Crippen molar-refractivity contribution in [1.82, 2.24) is 16.0 Å². The van der Waals surface area contributed by atoms with Crippen LogP contribution in [0.1, 0.15) is 33.1 Å². The normalized spacial score (nSPS) is 14.8. The molecule has 0 aliphatic rings. The molecule has 0 aromatic heterocycles. The number of rotatable bonds is 14. The van der Waals surface area contributed by atoms with Crippen molar-refractivity contribution in [3.63, 3.8) is 0 Å². The number of carboxylic acid groups (broad SMARTS) is 2. The molecule has 3 amide bonds. The average molecular weight is 435 g/mol. The number of nitrogens with two attached hydrogens (primary N) is 1. The third kappa shape index (κ3) is 10.7. The Kier molecular flexibility index (Phi) is 12.7. The van der Waals surface area contributed by atoms with Gasteiger partial charge in [-0.05, 0) is 24.3 Å². The highest BCUT2D eigenvalue weighted by molar-refractivity contribution is 7.98. The van der Waals surface area contributed by atoms with E-state index in [0.717, 1.165) is 0 Å². The Bertz CT molecular complexity index is 602. The SMILES string of the molecule is CCC(C)C(N)C(=O)NC(CCSC)C(=O)NCC(=O)NC(CC(=O)O)C(=O)O. The van der Waals surface area contributed by atoms with Gasteiger partial charge < -0.3 is 31.9 Å². The summed E-state index contributed by atoms with van der Waals surface area (Å²) in [6.45, 7) is 3.15. The summed E-state index contributed by atoms with van der Waals surface area (Å²) in [5.74, 6) is -4.36. The van der Waals surface area contributed by atoms with Gasteiger partial charge in [0.05, 0.1) is 19.0 Å². The van der Waals surface area contributed by atoms with Crippen molar-refractivity contribution >= 4 is 41.4 Å². The van der Waals surface area contributed by atoms with E-state index in [2.05, 4.69) is 10.6 Å². The van der Waals surface area contributed by atoms with Gasteiger partial charge in [0, 0.05) is 0 Å². The minimum atomic E-state index is -1.61. The van der Waals surface area contributed by atoms with Crippen molar-refractivity contribution in [2.24, 2.45) is 11.7 Å². The molecule has 0 aliphatic heterocycles. The Hall–Kier alpha value is -2.34. The topological polar surface area (TPSA) is 188 Å². The first kappa shape index (κ1) is 26.7. The molecule has 0 rings (SSSR count). The molecule has 4 atom stereocenters. The standard InChI is InChI=1S/C17H30N4O7S/c1-4-9(2)14(18)16(26)21-10(5-6-29-3)15(25)19-8-12(22)20-11(17(27)28)7-13(23)24/h9-11,14H,4-8,18H2,1-3H3,(H,19,25)(H,20,22)(H,21,26)(H,23,24)(H,27,28). The molecular formula is C17H30N4O7S. The summed E-state index contributed by atoms with van der Waals surface area (Å²) in [4.78, 5) is 58.1. The van der Waals surface area contributed by atoms with E-state index in [0.29, 0.717) is 18.6 Å². The monoisotopic (exact) mass is 434 g/mol. The molecule has 0 bridgehead atoms. The molecule has 0 radical (unpaired) electrons. The summed E-state index contributed by atoms with van der Waals surface area (Å²) in [5.41, 5.74) is 5.88. The second-order valence-corrected chi connectivity index (χ2v) is 7.51. The zero-order valence-corrected chi connectivity index (χ0v) is 17.6. The Morgan fingerprint density at radius 1 is 1.03 bits per heavy atom. The van der Waals surface area contributed by atoms with Crippen LogP contribution in [0.2, 0.25) is 0 Å². The molecule has 0 fully saturated rings. The number of carbonyl (C=O) groups is 5. The van der Waals surface area contributed by atoms with Crippen LogP contribution in [0.25, 0.3) is 0 Å². The summed E-state index contributed by atoms with van der Waals surface area (Å²) < 4.78 is 0. The largest absolute Gasteiger partial charge is 0.481 e. The van der Waals surface area contributed by atoms with Crippen molar-refractivity contribution in [3.05, 3.63) is 0 Å². The molecule has 0 aliphatic carbocycles. The maximum Gasteiger partial charge on any atom is 0.326 e. The number of hydrogen-bond acceptors (Lipinski definition) is 7. The molecule has 29 heavy (non-hydrogen) atoms. The first-order chi connectivity index (χ1) is 13.5. The predicted molar refractivity (Wildman–Crippen MR) is 107 cm³/mol. The van der Waals surface area contributed by atoms with Gasteiger partial charge in [-0.2, -0.15) is 11.8 Å². The van der Waals surface area contributed by atoms with Gasteiger partial charge in [-0.15, -0.1) is 0 Å². The summed E-state index contributed by atoms with van der Waals surface area (Å²) in [5, 5.41) is 24.5. The molecule has 0 saturated heterocycles. The van der Waals surface area contributed by atoms with Gasteiger partial charge in [0.2, 0.25) is 17.7 Å². The fourth-order valence-corrected chi connectivity index (χ4v) is 2.67. The Morgan fingerprint density at radius 2 is 1.66 bits per heavy atom. The fraction of sp³-hybridized carbons (Fsp3) is 0.706. The Morgan fingerprint density at radius 3 is 2.14 bits per heavy atom. The maximum absolute atomic E-state index is 12.4. The molecule has 4 unspecified atom stereocenters. The van der Waals surface area contributed by atoms with Gasteiger partial charge in [0.15, 0.2) is 0 Å². The fourth-order valence-electron chi connectivity index (χ4n) is 2.20. The average Bonchev–Trinajstić information content (AvgIpc) is 2.66. The van der Waals surface area contributed by atoms with Gasteiger partial charge in [-0.25, -0.2) is 4.79 Å². The third-order valence-electron chi connectivity index (χ3n) is 4.24. The van der Waals surface area contributed by atoms with E-state index < -0.39 is 60.8 Å². The van der Waals surface area contributed by atoms with Crippen LogP contribution in [0.4, 0.5) is 0 Å². The van der Waals surface area contributed by atoms with Crippen molar-refractivity contribution in [2.45, 2.75) is 51.2 Å². The zero-order chi connectivity index (χ0) is 22.6. The Labute approximate surface area is 173 Å². The Balaban J connectivity index is 4.84. The van der Waals surface area contributed by atoms with Crippen LogP contribution in [0.3, 0.4) is 0 Å². The van der Waals surface area contributed by atoms with Gasteiger partial charge in [-0.3, -0.25) is 19.2 Å². The van der Waals surface area contributed by atoms with E-state index in [-0.39, 0.29) is 5.92 Å². The number of carboxylic acids is 2. The zero-order valence-electron chi connectivity index (χ0n) is 16.8. The molecule has 0 aromatic carbocycles. The van der Waals surface area contributed by atoms with Crippen LogP contribution in [0.15, 0.2) is 0 Å². The van der Waals surface area contributed by atoms with E-state index in [9.17, 15) is 24.0 Å². The van der Waals surface area contributed by atoms with Crippen LogP contribution < -0.4 is 21.7 Å². The van der Waals surface area contributed by atoms with Gasteiger partial charge in [0.1, 0.15) is 12.1 Å². The first-order valence-corrected chi connectivity index (χ1v) is 10.5. The lowest BCUT2D eigenvalue weighted by Gasteiger charge is -2.23. The minimum absolute atomic E-state index is 0.0766. The minimum Gasteiger partial charge on any atom is -0.481 e. The number of aliphatic carboxylic acids is 2. The van der Waals surface area contributed by atoms with Crippen LogP contribution >= 0.6 is 11.8 Å². The van der Waals surface area contributed by atoms with E-state index in [1.807, 2.05) is 25.4 Å². The lowest BCUT2D eigenvalue weighted by atomic mass is 9.99. The molecule has 166 valence electrons. The maximum atomic E-state index is 12.4. The van der Waals surface area contributed by atoms with Crippen LogP contribution in [-0.2, 0) is 24.0 Å². The smallest absolute Gasteiger partial charge is 0.326 e. The van der Waals surface area contributed by atoms with Crippen LogP contribution in [-0.4, -0.2) is 76.6 Å². The summed E-state index contributed by atoms with van der Waals surface area (Å²) in [6.07, 6.45) is 2.04. The van der Waals surface area contributed by atoms with Crippen LogP contribution in [0, 0.1) is 5.92 Å². The summed E-state index contributed by atoms with van der Waals surface area (Å²) >= 11 is 1.47. The molecule has 0 heterocycles. The predicted octanol–water partition coefficient (Wildman–Crippen LogP) is -1.24. The van der Waals surface area contributed by atoms with Crippen molar-refractivity contribution in [1.29, 1.82) is 0 Å². The lowest BCUT2D eigenvalue weighted by molar-refractivity contribution is -0.147. The molecule has 0 saturated carbocycles. The molecule has 11 nitrogen and oxygen atoms in total. The molecular weight excluding hydrogens is 404 g/mol. The van der Waals surface area contributed by atoms with Crippen LogP contribution in [0.5, 0.6) is 0 Å². The van der Waals surface area contributed by atoms with Gasteiger partial charge in [-0.1, -0.05) is 20.3 Å². The second-order valence-electron chi connectivity index (χ2n) is 6.53. The highest BCUT2D eigenvalue weighted by Gasteiger charge is 2.27. The number of carbonyl (C=O) groups excluding carboxylic acids is 3. The van der Waals surface area contributed by atoms with Gasteiger partial charge >= 0.3 is 11.9 Å². The van der Waals surface area contributed by atoms with E-state index >= 15 is 0 Å². The number of thioether (sulfide) groups is 1. The number of nitrogens with one attached hydrogen (secondary N) is 3. The van der Waals surface area contributed by atoms with Crippen molar-refractivity contribution < 1.29 is 34.2 Å². The highest BCUT2D eigenvalue weighted by Crippen LogP contribution is 2.07. The van der Waals surface area contributed by atoms with E-state index in [1.54, 1.807) is 0 Å². The molecule has 0 spiro atoms. The quantitative estimate of drug-likeness (QED) is 0.194. The molecule has 0 aromatic rings. The first-order valence-electron chi connectivity index (χ1n) is 9.09. The highest BCUT2D eigenvalue weighted by atomic mass is 32.2. The van der Waals surface area contributed by atoms with Crippen molar-refractivity contribution in [2.75, 3.05) is 18.6 Å². The second kappa shape index (κ2) is 13.8. The third-order valence-corrected chi connectivity index (χ3v) is 4.88. The lowest BCUT2D eigenvalue weighted by Crippen LogP contribution is -2.54. The molecule has 12 heteroatoms. The van der Waals surface area contributed by atoms with Gasteiger partial charge in [0.25, 0.3) is 0 Å². The van der Waals surface area contributed by atoms with E-state index in [1.165, 1.54) is 11.8 Å². The number of hydrogen-bond donors (Lipinski definition) is 6. The van der Waals surface area contributed by atoms with Crippen molar-refractivity contribution in [3.8, 4) is 0 Å². The summed E-state index contributed by atoms with van der Waals surface area (Å²) in [6, 6.07) is -3.30.